The fraction of sp³-hybridized carbons (Fsp3) is 0.200. The first kappa shape index (κ1) is 9.30. The molecule has 2 N–H and O–H groups in total. The van der Waals surface area contributed by atoms with E-state index in [1.54, 1.807) is 6.20 Å². The Bertz CT molecular complexity index is 411. The van der Waals surface area contributed by atoms with Crippen molar-refractivity contribution in [3.05, 3.63) is 47.3 Å². The van der Waals surface area contributed by atoms with Crippen LogP contribution in [0.2, 0.25) is 0 Å². The van der Waals surface area contributed by atoms with Gasteiger partial charge in [-0.25, -0.2) is 0 Å². The molecule has 1 unspecified atom stereocenters. The molecule has 0 aliphatic carbocycles. The molecule has 0 amide bonds. The number of nitrogens with two attached hydrogens (primary N) is 1. The summed E-state index contributed by atoms with van der Waals surface area (Å²) in [4.78, 5) is 0. The van der Waals surface area contributed by atoms with Crippen LogP contribution in [0.3, 0.4) is 0 Å². The summed E-state index contributed by atoms with van der Waals surface area (Å²) in [5, 5.41) is 0. The molecule has 4 heteroatoms. The maximum Gasteiger partial charge on any atom is 0.0955 e. The second-order valence-corrected chi connectivity index (χ2v) is 3.72. The largest absolute Gasteiger partial charge is 0.319 e. The summed E-state index contributed by atoms with van der Waals surface area (Å²) in [7, 11) is 0. The van der Waals surface area contributed by atoms with E-state index in [1.807, 2.05) is 18.2 Å². The van der Waals surface area contributed by atoms with E-state index in [0.29, 0.717) is 0 Å². The number of hydrogen-bond donors (Lipinski definition) is 1. The lowest BCUT2D eigenvalue weighted by atomic mass is 10.0. The van der Waals surface area contributed by atoms with Crippen molar-refractivity contribution in [1.82, 2.24) is 8.75 Å². The van der Waals surface area contributed by atoms with E-state index < -0.39 is 0 Å². The van der Waals surface area contributed by atoms with Crippen LogP contribution in [0.15, 0.2) is 30.5 Å². The smallest absolute Gasteiger partial charge is 0.0955 e. The van der Waals surface area contributed by atoms with Crippen molar-refractivity contribution in [3.63, 3.8) is 0 Å². The van der Waals surface area contributed by atoms with Crippen LogP contribution in [0.4, 0.5) is 0 Å². The molecule has 1 atom stereocenters. The highest BCUT2D eigenvalue weighted by Gasteiger charge is 2.12. The maximum absolute atomic E-state index is 6.07. The molecule has 0 spiro atoms. The van der Waals surface area contributed by atoms with Gasteiger partial charge in [0.1, 0.15) is 0 Å². The van der Waals surface area contributed by atoms with Gasteiger partial charge in [-0.1, -0.05) is 24.3 Å². The lowest BCUT2D eigenvalue weighted by Gasteiger charge is -2.11. The number of rotatable bonds is 2. The lowest BCUT2D eigenvalue weighted by molar-refractivity contribution is 0.835. The van der Waals surface area contributed by atoms with Gasteiger partial charge < -0.3 is 5.73 Å². The van der Waals surface area contributed by atoms with Gasteiger partial charge in [0, 0.05) is 0 Å². The zero-order valence-corrected chi connectivity index (χ0v) is 8.66. The molecule has 0 bridgehead atoms. The van der Waals surface area contributed by atoms with E-state index in [4.69, 9.17) is 5.73 Å². The van der Waals surface area contributed by atoms with Gasteiger partial charge in [0.05, 0.1) is 29.7 Å². The Labute approximate surface area is 86.9 Å². The Morgan fingerprint density at radius 1 is 1.36 bits per heavy atom. The van der Waals surface area contributed by atoms with Crippen LogP contribution in [0, 0.1) is 6.92 Å². The van der Waals surface area contributed by atoms with Gasteiger partial charge in [0.15, 0.2) is 0 Å². The maximum atomic E-state index is 6.07. The van der Waals surface area contributed by atoms with Crippen LogP contribution in [0.25, 0.3) is 0 Å². The number of hydrogen-bond acceptors (Lipinski definition) is 4. The third-order valence-electron chi connectivity index (χ3n) is 2.22. The first-order valence-corrected chi connectivity index (χ1v) is 5.10. The summed E-state index contributed by atoms with van der Waals surface area (Å²) in [6, 6.07) is 7.91. The number of aryl methyl sites for hydroxylation is 1. The Balaban J connectivity index is 2.37. The fourth-order valence-electron chi connectivity index (χ4n) is 1.40. The minimum Gasteiger partial charge on any atom is -0.319 e. The van der Waals surface area contributed by atoms with Gasteiger partial charge in [-0.2, -0.15) is 8.75 Å². The number of nitrogens with zero attached hydrogens (tertiary/aromatic N) is 2. The van der Waals surface area contributed by atoms with Gasteiger partial charge in [-0.15, -0.1) is 0 Å². The van der Waals surface area contributed by atoms with Crippen LogP contribution in [-0.4, -0.2) is 8.75 Å². The molecule has 0 fully saturated rings. The van der Waals surface area contributed by atoms with Crippen molar-refractivity contribution in [2.24, 2.45) is 5.73 Å². The molecule has 2 rings (SSSR count). The Hall–Kier alpha value is -1.26. The van der Waals surface area contributed by atoms with Gasteiger partial charge in [-0.05, 0) is 18.1 Å². The third kappa shape index (κ3) is 1.66. The Kier molecular flexibility index (Phi) is 2.56. The topological polar surface area (TPSA) is 51.8 Å². The van der Waals surface area contributed by atoms with E-state index in [9.17, 15) is 0 Å². The molecule has 2 aromatic rings. The highest BCUT2D eigenvalue weighted by Crippen LogP contribution is 2.20. The first-order valence-electron chi connectivity index (χ1n) is 4.37. The summed E-state index contributed by atoms with van der Waals surface area (Å²) in [6.07, 6.45) is 1.72. The molecule has 1 aromatic carbocycles. The Morgan fingerprint density at radius 3 is 2.79 bits per heavy atom. The summed E-state index contributed by atoms with van der Waals surface area (Å²) in [6.45, 7) is 2.05. The zero-order chi connectivity index (χ0) is 9.97. The van der Waals surface area contributed by atoms with Crippen LogP contribution in [-0.2, 0) is 0 Å². The van der Waals surface area contributed by atoms with Crippen LogP contribution in [0.1, 0.15) is 22.9 Å². The average Bonchev–Trinajstić information content (AvgIpc) is 2.70. The predicted molar refractivity (Wildman–Crippen MR) is 57.1 cm³/mol. The quantitative estimate of drug-likeness (QED) is 0.814. The van der Waals surface area contributed by atoms with Gasteiger partial charge in [-0.3, -0.25) is 0 Å². The zero-order valence-electron chi connectivity index (χ0n) is 7.84. The second kappa shape index (κ2) is 3.86. The molecule has 0 saturated heterocycles. The van der Waals surface area contributed by atoms with E-state index >= 15 is 0 Å². The van der Waals surface area contributed by atoms with Crippen molar-refractivity contribution in [2.75, 3.05) is 0 Å². The van der Waals surface area contributed by atoms with Gasteiger partial charge in [0.25, 0.3) is 0 Å². The molecule has 1 aromatic heterocycles. The molecule has 0 aliphatic heterocycles. The fourth-order valence-corrected chi connectivity index (χ4v) is 1.86. The van der Waals surface area contributed by atoms with Gasteiger partial charge >= 0.3 is 0 Å². The molecule has 3 nitrogen and oxygen atoms in total. The normalized spacial score (nSPS) is 12.7. The minimum atomic E-state index is -0.157. The van der Waals surface area contributed by atoms with Crippen molar-refractivity contribution in [3.8, 4) is 0 Å². The summed E-state index contributed by atoms with van der Waals surface area (Å²) in [5.74, 6) is 0. The predicted octanol–water partition coefficient (Wildman–Crippen LogP) is 1.89. The standard InChI is InChI=1S/C10H11N3S/c1-7-4-2-3-5-8(7)10(11)9-6-12-14-13-9/h2-6,10H,11H2,1H3. The monoisotopic (exact) mass is 205 g/mol. The Morgan fingerprint density at radius 2 is 2.14 bits per heavy atom. The SMILES string of the molecule is Cc1ccccc1C(N)c1cnsn1. The van der Waals surface area contributed by atoms with Crippen molar-refractivity contribution < 1.29 is 0 Å². The van der Waals surface area contributed by atoms with Crippen LogP contribution >= 0.6 is 11.7 Å². The lowest BCUT2D eigenvalue weighted by Crippen LogP contribution is -2.13. The van der Waals surface area contributed by atoms with E-state index in [-0.39, 0.29) is 6.04 Å². The molecule has 0 aliphatic rings. The molecule has 14 heavy (non-hydrogen) atoms. The molecule has 0 radical (unpaired) electrons. The van der Waals surface area contributed by atoms with Crippen LogP contribution in [0.5, 0.6) is 0 Å². The molecular formula is C10H11N3S. The summed E-state index contributed by atoms with van der Waals surface area (Å²) >= 11 is 1.19. The average molecular weight is 205 g/mol. The summed E-state index contributed by atoms with van der Waals surface area (Å²) in [5.41, 5.74) is 9.20. The third-order valence-corrected chi connectivity index (χ3v) is 2.71. The molecule has 72 valence electrons. The highest BCUT2D eigenvalue weighted by molar-refractivity contribution is 6.99. The minimum absolute atomic E-state index is 0.157. The van der Waals surface area contributed by atoms with E-state index in [0.717, 1.165) is 11.3 Å². The second-order valence-electron chi connectivity index (χ2n) is 3.17. The number of aromatic nitrogens is 2. The van der Waals surface area contributed by atoms with Gasteiger partial charge in [0.2, 0.25) is 0 Å². The number of benzene rings is 1. The molecule has 1 heterocycles. The first-order chi connectivity index (χ1) is 6.79. The van der Waals surface area contributed by atoms with Crippen molar-refractivity contribution in [2.45, 2.75) is 13.0 Å². The highest BCUT2D eigenvalue weighted by atomic mass is 32.1. The van der Waals surface area contributed by atoms with Crippen molar-refractivity contribution in [1.29, 1.82) is 0 Å². The summed E-state index contributed by atoms with van der Waals surface area (Å²) < 4.78 is 8.09. The van der Waals surface area contributed by atoms with E-state index in [2.05, 4.69) is 21.7 Å². The molecular weight excluding hydrogens is 194 g/mol. The molecule has 0 saturated carbocycles. The van der Waals surface area contributed by atoms with Crippen LogP contribution < -0.4 is 5.73 Å². The van der Waals surface area contributed by atoms with Crippen molar-refractivity contribution >= 4 is 11.7 Å². The van der Waals surface area contributed by atoms with E-state index in [1.165, 1.54) is 17.3 Å².